The topological polar surface area (TPSA) is 55.3 Å². The molecule has 28 heavy (non-hydrogen) atoms. The number of nitrogens with zero attached hydrogens (tertiary/aromatic N) is 3. The number of carbonyl (C=O) groups is 1. The summed E-state index contributed by atoms with van der Waals surface area (Å²) in [6.45, 7) is 6.07. The molecule has 3 aromatic rings. The van der Waals surface area contributed by atoms with Crippen LogP contribution in [0.15, 0.2) is 24.3 Å². The Labute approximate surface area is 169 Å². The van der Waals surface area contributed by atoms with Gasteiger partial charge in [-0.05, 0) is 56.9 Å². The average molecular weight is 396 g/mol. The average Bonchev–Trinajstić information content (AvgIpc) is 3.50. The zero-order valence-electron chi connectivity index (χ0n) is 16.9. The van der Waals surface area contributed by atoms with Gasteiger partial charge in [0.15, 0.2) is 0 Å². The van der Waals surface area contributed by atoms with Crippen molar-refractivity contribution in [2.75, 3.05) is 14.2 Å². The molecule has 6 heteroatoms. The van der Waals surface area contributed by atoms with Crippen LogP contribution in [0.1, 0.15) is 64.0 Å². The lowest BCUT2D eigenvalue weighted by Crippen LogP contribution is -2.29. The first kappa shape index (κ1) is 18.9. The number of amides is 1. The maximum atomic E-state index is 13.3. The van der Waals surface area contributed by atoms with Crippen molar-refractivity contribution in [3.63, 3.8) is 0 Å². The molecular formula is C22H25N3O2S. The van der Waals surface area contributed by atoms with Gasteiger partial charge >= 0.3 is 0 Å². The van der Waals surface area contributed by atoms with Gasteiger partial charge in [0.05, 0.1) is 23.7 Å². The third-order valence-electron chi connectivity index (χ3n) is 5.62. The second-order valence-corrected chi connectivity index (χ2v) is 8.54. The number of benzene rings is 1. The molecule has 0 spiro atoms. The lowest BCUT2D eigenvalue weighted by molar-refractivity contribution is 0.0747. The second kappa shape index (κ2) is 7.17. The molecule has 2 aromatic heterocycles. The molecule has 1 aliphatic carbocycles. The SMILES string of the molecule is COc1ccc(C(C)N(C)C(=O)c2sc3nc(C4CC4)nc(C)c3c2C)cc1. The van der Waals surface area contributed by atoms with E-state index in [4.69, 9.17) is 14.7 Å². The number of hydrogen-bond donors (Lipinski definition) is 0. The van der Waals surface area contributed by atoms with Crippen LogP contribution in [0.25, 0.3) is 10.2 Å². The van der Waals surface area contributed by atoms with E-state index in [-0.39, 0.29) is 11.9 Å². The summed E-state index contributed by atoms with van der Waals surface area (Å²) in [6.07, 6.45) is 2.34. The van der Waals surface area contributed by atoms with Crippen LogP contribution in [0.3, 0.4) is 0 Å². The zero-order chi connectivity index (χ0) is 20.0. The first-order valence-electron chi connectivity index (χ1n) is 9.59. The Kier molecular flexibility index (Phi) is 4.83. The Hall–Kier alpha value is -2.47. The third-order valence-corrected chi connectivity index (χ3v) is 6.80. The molecule has 0 N–H and O–H groups in total. The fourth-order valence-corrected chi connectivity index (χ4v) is 4.75. The van der Waals surface area contributed by atoms with Crippen molar-refractivity contribution in [1.29, 1.82) is 0 Å². The number of carbonyl (C=O) groups excluding carboxylic acids is 1. The molecule has 0 bridgehead atoms. The Morgan fingerprint density at radius 2 is 1.89 bits per heavy atom. The minimum absolute atomic E-state index is 0.0242. The lowest BCUT2D eigenvalue weighted by atomic mass is 10.1. The Morgan fingerprint density at radius 3 is 2.50 bits per heavy atom. The van der Waals surface area contributed by atoms with Crippen LogP contribution < -0.4 is 4.74 Å². The van der Waals surface area contributed by atoms with Crippen molar-refractivity contribution in [3.8, 4) is 5.75 Å². The van der Waals surface area contributed by atoms with Crippen molar-refractivity contribution in [2.24, 2.45) is 0 Å². The van der Waals surface area contributed by atoms with Gasteiger partial charge < -0.3 is 9.64 Å². The largest absolute Gasteiger partial charge is 0.497 e. The van der Waals surface area contributed by atoms with Gasteiger partial charge in [0.2, 0.25) is 0 Å². The summed E-state index contributed by atoms with van der Waals surface area (Å²) in [7, 11) is 3.51. The van der Waals surface area contributed by atoms with E-state index in [0.29, 0.717) is 5.92 Å². The van der Waals surface area contributed by atoms with Crippen LogP contribution >= 0.6 is 11.3 Å². The molecule has 0 radical (unpaired) electrons. The van der Waals surface area contributed by atoms with Crippen LogP contribution in [0.5, 0.6) is 5.75 Å². The molecule has 146 valence electrons. The van der Waals surface area contributed by atoms with Crippen LogP contribution in [0, 0.1) is 13.8 Å². The summed E-state index contributed by atoms with van der Waals surface area (Å²) in [4.78, 5) is 26.2. The predicted octanol–water partition coefficient (Wildman–Crippen LogP) is 5.03. The molecule has 1 aromatic carbocycles. The first-order valence-corrected chi connectivity index (χ1v) is 10.4. The number of rotatable bonds is 5. The van der Waals surface area contributed by atoms with E-state index < -0.39 is 0 Å². The number of hydrogen-bond acceptors (Lipinski definition) is 5. The molecule has 1 amide bonds. The van der Waals surface area contributed by atoms with Gasteiger partial charge in [-0.15, -0.1) is 11.3 Å². The highest BCUT2D eigenvalue weighted by Gasteiger charge is 2.29. The molecule has 4 rings (SSSR count). The van der Waals surface area contributed by atoms with Gasteiger partial charge in [-0.25, -0.2) is 9.97 Å². The maximum absolute atomic E-state index is 13.3. The summed E-state index contributed by atoms with van der Waals surface area (Å²) in [5.41, 5.74) is 3.03. The Morgan fingerprint density at radius 1 is 1.21 bits per heavy atom. The molecule has 0 saturated heterocycles. The normalized spacial score (nSPS) is 14.9. The first-order chi connectivity index (χ1) is 13.4. The molecular weight excluding hydrogens is 370 g/mol. The van der Waals surface area contributed by atoms with Crippen molar-refractivity contribution in [2.45, 2.75) is 45.6 Å². The number of methoxy groups -OCH3 is 1. The van der Waals surface area contributed by atoms with E-state index in [0.717, 1.165) is 43.5 Å². The smallest absolute Gasteiger partial charge is 0.264 e. The van der Waals surface area contributed by atoms with Crippen LogP contribution in [0.2, 0.25) is 0 Å². The van der Waals surface area contributed by atoms with Crippen molar-refractivity contribution in [3.05, 3.63) is 51.8 Å². The highest BCUT2D eigenvalue weighted by atomic mass is 32.1. The van der Waals surface area contributed by atoms with Crippen LogP contribution in [-0.2, 0) is 0 Å². The van der Waals surface area contributed by atoms with Crippen molar-refractivity contribution < 1.29 is 9.53 Å². The summed E-state index contributed by atoms with van der Waals surface area (Å²) >= 11 is 1.49. The molecule has 1 aliphatic rings. The third kappa shape index (κ3) is 3.26. The van der Waals surface area contributed by atoms with E-state index in [1.54, 1.807) is 12.0 Å². The number of aromatic nitrogens is 2. The minimum atomic E-state index is -0.0442. The van der Waals surface area contributed by atoms with Crippen LogP contribution in [0.4, 0.5) is 0 Å². The summed E-state index contributed by atoms with van der Waals surface area (Å²) in [6, 6.07) is 7.81. The lowest BCUT2D eigenvalue weighted by Gasteiger charge is -2.25. The highest BCUT2D eigenvalue weighted by molar-refractivity contribution is 7.20. The molecule has 5 nitrogen and oxygen atoms in total. The van der Waals surface area contributed by atoms with E-state index in [1.165, 1.54) is 24.2 Å². The quantitative estimate of drug-likeness (QED) is 0.608. The molecule has 1 unspecified atom stereocenters. The van der Waals surface area contributed by atoms with Gasteiger partial charge in [-0.1, -0.05) is 12.1 Å². The summed E-state index contributed by atoms with van der Waals surface area (Å²) < 4.78 is 5.23. The van der Waals surface area contributed by atoms with Gasteiger partial charge in [0.1, 0.15) is 16.4 Å². The van der Waals surface area contributed by atoms with Gasteiger partial charge in [-0.3, -0.25) is 4.79 Å². The Balaban J connectivity index is 1.65. The minimum Gasteiger partial charge on any atom is -0.497 e. The molecule has 0 aliphatic heterocycles. The van der Waals surface area contributed by atoms with E-state index in [2.05, 4.69) is 0 Å². The molecule has 1 atom stereocenters. The number of aryl methyl sites for hydroxylation is 2. The highest BCUT2D eigenvalue weighted by Crippen LogP contribution is 2.40. The fourth-order valence-electron chi connectivity index (χ4n) is 3.53. The second-order valence-electron chi connectivity index (χ2n) is 7.54. The van der Waals surface area contributed by atoms with Crippen LogP contribution in [-0.4, -0.2) is 34.9 Å². The summed E-state index contributed by atoms with van der Waals surface area (Å²) in [5, 5.41) is 1.03. The predicted molar refractivity (Wildman–Crippen MR) is 112 cm³/mol. The van der Waals surface area contributed by atoms with Crippen molar-refractivity contribution >= 4 is 27.5 Å². The van der Waals surface area contributed by atoms with Gasteiger partial charge in [0, 0.05) is 18.4 Å². The molecule has 2 heterocycles. The van der Waals surface area contributed by atoms with Crippen molar-refractivity contribution in [1.82, 2.24) is 14.9 Å². The zero-order valence-corrected chi connectivity index (χ0v) is 17.8. The van der Waals surface area contributed by atoms with Gasteiger partial charge in [-0.2, -0.15) is 0 Å². The van der Waals surface area contributed by atoms with Gasteiger partial charge in [0.25, 0.3) is 5.91 Å². The summed E-state index contributed by atoms with van der Waals surface area (Å²) in [5.74, 6) is 2.27. The standard InChI is InChI=1S/C22H25N3O2S/c1-12-18-13(2)23-20(16-6-7-16)24-21(18)28-19(12)22(26)25(4)14(3)15-8-10-17(27-5)11-9-15/h8-11,14,16H,6-7H2,1-5H3. The fraction of sp³-hybridized carbons (Fsp3) is 0.409. The number of thiophene rings is 1. The van der Waals surface area contributed by atoms with E-state index >= 15 is 0 Å². The molecule has 1 saturated carbocycles. The monoisotopic (exact) mass is 395 g/mol. The number of ether oxygens (including phenoxy) is 1. The van der Waals surface area contributed by atoms with E-state index in [1.807, 2.05) is 52.1 Å². The maximum Gasteiger partial charge on any atom is 0.264 e. The molecule has 1 fully saturated rings. The Bertz CT molecular complexity index is 1040. The van der Waals surface area contributed by atoms with E-state index in [9.17, 15) is 4.79 Å². The number of fused-ring (bicyclic) bond motifs is 1.